The Bertz CT molecular complexity index is 536. The molecule has 0 aliphatic carbocycles. The quantitative estimate of drug-likeness (QED) is 0.850. The number of amides is 1. The summed E-state index contributed by atoms with van der Waals surface area (Å²) >= 11 is 5.79. The lowest BCUT2D eigenvalue weighted by Crippen LogP contribution is -2.13. The molecule has 0 aliphatic rings. The predicted octanol–water partition coefficient (Wildman–Crippen LogP) is 2.41. The summed E-state index contributed by atoms with van der Waals surface area (Å²) in [6, 6.07) is 7.43. The molecule has 0 spiro atoms. The summed E-state index contributed by atoms with van der Waals surface area (Å²) in [7, 11) is 1.82. The number of halogens is 1. The number of carbonyl (C=O) groups excluding carboxylic acids is 1. The van der Waals surface area contributed by atoms with E-state index in [2.05, 4.69) is 10.3 Å². The van der Waals surface area contributed by atoms with Gasteiger partial charge in [0.25, 0.3) is 5.91 Å². The zero-order chi connectivity index (χ0) is 12.3. The second kappa shape index (κ2) is 5.01. The van der Waals surface area contributed by atoms with Crippen molar-refractivity contribution in [2.45, 2.75) is 5.88 Å². The van der Waals surface area contributed by atoms with E-state index in [-0.39, 0.29) is 5.91 Å². The summed E-state index contributed by atoms with van der Waals surface area (Å²) in [5, 5.41) is 2.79. The van der Waals surface area contributed by atoms with Crippen molar-refractivity contribution in [1.29, 1.82) is 0 Å². The first kappa shape index (κ1) is 11.7. The van der Waals surface area contributed by atoms with Crippen molar-refractivity contribution >= 4 is 23.2 Å². The summed E-state index contributed by atoms with van der Waals surface area (Å²) in [5.41, 5.74) is 1.99. The van der Waals surface area contributed by atoms with Crippen LogP contribution >= 0.6 is 11.6 Å². The van der Waals surface area contributed by atoms with Crippen molar-refractivity contribution in [3.05, 3.63) is 48.0 Å². The van der Waals surface area contributed by atoms with Gasteiger partial charge in [-0.25, -0.2) is 4.98 Å². The van der Waals surface area contributed by atoms with Gasteiger partial charge < -0.3 is 9.88 Å². The Kier molecular flexibility index (Phi) is 3.44. The minimum atomic E-state index is -0.233. The Morgan fingerprint density at radius 2 is 2.24 bits per heavy atom. The number of carbonyl (C=O) groups is 1. The number of nitrogens with zero attached hydrogens (tertiary/aromatic N) is 2. The Labute approximate surface area is 104 Å². The van der Waals surface area contributed by atoms with E-state index >= 15 is 0 Å². The molecule has 0 radical (unpaired) electrons. The van der Waals surface area contributed by atoms with E-state index in [1.54, 1.807) is 17.1 Å². The Hall–Kier alpha value is -1.81. The fourth-order valence-electron chi connectivity index (χ4n) is 1.48. The molecule has 4 nitrogen and oxygen atoms in total. The maximum atomic E-state index is 11.9. The van der Waals surface area contributed by atoms with Crippen LogP contribution in [-0.2, 0) is 12.9 Å². The number of para-hydroxylation sites is 1. The average molecular weight is 250 g/mol. The Balaban J connectivity index is 2.18. The molecule has 0 atom stereocenters. The fourth-order valence-corrected chi connectivity index (χ4v) is 1.71. The molecule has 1 aromatic heterocycles. The van der Waals surface area contributed by atoms with Crippen LogP contribution in [0.1, 0.15) is 16.1 Å². The molecule has 0 bridgehead atoms. The third kappa shape index (κ3) is 2.65. The van der Waals surface area contributed by atoms with Crippen LogP contribution in [0, 0.1) is 0 Å². The third-order valence-corrected chi connectivity index (χ3v) is 2.63. The van der Waals surface area contributed by atoms with Gasteiger partial charge in [-0.15, -0.1) is 11.6 Å². The van der Waals surface area contributed by atoms with Gasteiger partial charge in [0, 0.05) is 24.8 Å². The van der Waals surface area contributed by atoms with Gasteiger partial charge in [-0.3, -0.25) is 4.79 Å². The molecule has 0 fully saturated rings. The van der Waals surface area contributed by atoms with Gasteiger partial charge in [-0.1, -0.05) is 18.2 Å². The van der Waals surface area contributed by atoms with Gasteiger partial charge in [-0.2, -0.15) is 0 Å². The minimum absolute atomic E-state index is 0.233. The molecule has 0 aliphatic heterocycles. The molecule has 0 saturated carbocycles. The standard InChI is InChI=1S/C12H12ClN3O/c1-16-7-11(14-8-16)12(17)15-10-5-3-2-4-9(10)6-13/h2-5,7-8H,6H2,1H3,(H,15,17). The molecule has 2 rings (SSSR count). The third-order valence-electron chi connectivity index (χ3n) is 2.35. The van der Waals surface area contributed by atoms with E-state index < -0.39 is 0 Å². The molecule has 2 aromatic rings. The first-order valence-electron chi connectivity index (χ1n) is 5.14. The number of benzene rings is 1. The van der Waals surface area contributed by atoms with Gasteiger partial charge >= 0.3 is 0 Å². The second-order valence-corrected chi connectivity index (χ2v) is 3.94. The first-order valence-corrected chi connectivity index (χ1v) is 5.67. The molecule has 1 N–H and O–H groups in total. The maximum absolute atomic E-state index is 11.9. The number of imidazole rings is 1. The van der Waals surface area contributed by atoms with Crippen LogP contribution in [0.5, 0.6) is 0 Å². The minimum Gasteiger partial charge on any atom is -0.340 e. The van der Waals surface area contributed by atoms with Gasteiger partial charge in [0.05, 0.1) is 6.33 Å². The second-order valence-electron chi connectivity index (χ2n) is 3.67. The lowest BCUT2D eigenvalue weighted by Gasteiger charge is -2.07. The van der Waals surface area contributed by atoms with E-state index in [9.17, 15) is 4.79 Å². The lowest BCUT2D eigenvalue weighted by molar-refractivity contribution is 0.102. The predicted molar refractivity (Wildman–Crippen MR) is 67.2 cm³/mol. The normalized spacial score (nSPS) is 10.2. The highest BCUT2D eigenvalue weighted by atomic mass is 35.5. The topological polar surface area (TPSA) is 46.9 Å². The Morgan fingerprint density at radius 3 is 2.88 bits per heavy atom. The van der Waals surface area contributed by atoms with Crippen LogP contribution in [0.3, 0.4) is 0 Å². The van der Waals surface area contributed by atoms with Gasteiger partial charge in [0.1, 0.15) is 5.69 Å². The number of hydrogen-bond acceptors (Lipinski definition) is 2. The molecule has 1 aromatic carbocycles. The highest BCUT2D eigenvalue weighted by molar-refractivity contribution is 6.17. The highest BCUT2D eigenvalue weighted by Crippen LogP contribution is 2.17. The van der Waals surface area contributed by atoms with Crippen molar-refractivity contribution < 1.29 is 4.79 Å². The Morgan fingerprint density at radius 1 is 1.47 bits per heavy atom. The number of nitrogens with one attached hydrogen (secondary N) is 1. The number of aryl methyl sites for hydroxylation is 1. The number of hydrogen-bond donors (Lipinski definition) is 1. The van der Waals surface area contributed by atoms with E-state index in [0.29, 0.717) is 11.6 Å². The monoisotopic (exact) mass is 249 g/mol. The van der Waals surface area contributed by atoms with Gasteiger partial charge in [0.15, 0.2) is 0 Å². The smallest absolute Gasteiger partial charge is 0.275 e. The summed E-state index contributed by atoms with van der Waals surface area (Å²) in [6.45, 7) is 0. The largest absolute Gasteiger partial charge is 0.340 e. The first-order chi connectivity index (χ1) is 8.20. The summed E-state index contributed by atoms with van der Waals surface area (Å²) in [4.78, 5) is 15.9. The van der Waals surface area contributed by atoms with Crippen molar-refractivity contribution in [1.82, 2.24) is 9.55 Å². The van der Waals surface area contributed by atoms with Crippen LogP contribution < -0.4 is 5.32 Å². The summed E-state index contributed by atoms with van der Waals surface area (Å²) in [5.74, 6) is 0.127. The van der Waals surface area contributed by atoms with E-state index in [1.165, 1.54) is 0 Å². The van der Waals surface area contributed by atoms with Gasteiger partial charge in [0.2, 0.25) is 0 Å². The van der Waals surface area contributed by atoms with Crippen LogP contribution in [0.4, 0.5) is 5.69 Å². The van der Waals surface area contributed by atoms with E-state index in [0.717, 1.165) is 11.3 Å². The molecule has 0 saturated heterocycles. The molecular weight excluding hydrogens is 238 g/mol. The molecule has 5 heteroatoms. The summed E-state index contributed by atoms with van der Waals surface area (Å²) in [6.07, 6.45) is 3.25. The zero-order valence-corrected chi connectivity index (χ0v) is 10.1. The van der Waals surface area contributed by atoms with Crippen LogP contribution in [0.15, 0.2) is 36.8 Å². The van der Waals surface area contributed by atoms with Gasteiger partial charge in [-0.05, 0) is 11.6 Å². The van der Waals surface area contributed by atoms with Crippen LogP contribution in [0.25, 0.3) is 0 Å². The summed E-state index contributed by atoms with van der Waals surface area (Å²) < 4.78 is 1.72. The van der Waals surface area contributed by atoms with Crippen LogP contribution in [0.2, 0.25) is 0 Å². The van der Waals surface area contributed by atoms with Crippen molar-refractivity contribution in [3.63, 3.8) is 0 Å². The van der Waals surface area contributed by atoms with Crippen molar-refractivity contribution in [2.75, 3.05) is 5.32 Å². The number of aromatic nitrogens is 2. The van der Waals surface area contributed by atoms with E-state index in [4.69, 9.17) is 11.6 Å². The van der Waals surface area contributed by atoms with Crippen molar-refractivity contribution in [3.8, 4) is 0 Å². The lowest BCUT2D eigenvalue weighted by atomic mass is 10.2. The number of rotatable bonds is 3. The van der Waals surface area contributed by atoms with Crippen molar-refractivity contribution in [2.24, 2.45) is 7.05 Å². The molecule has 17 heavy (non-hydrogen) atoms. The molecular formula is C12H12ClN3O. The molecule has 88 valence electrons. The van der Waals surface area contributed by atoms with Crippen LogP contribution in [-0.4, -0.2) is 15.5 Å². The molecule has 0 unspecified atom stereocenters. The number of anilines is 1. The molecule has 1 heterocycles. The van der Waals surface area contributed by atoms with E-state index in [1.807, 2.05) is 31.3 Å². The fraction of sp³-hybridized carbons (Fsp3) is 0.167. The maximum Gasteiger partial charge on any atom is 0.275 e. The molecule has 1 amide bonds. The SMILES string of the molecule is Cn1cnc(C(=O)Nc2ccccc2CCl)c1. The average Bonchev–Trinajstić information content (AvgIpc) is 2.77. The zero-order valence-electron chi connectivity index (χ0n) is 9.35. The number of alkyl halides is 1. The highest BCUT2D eigenvalue weighted by Gasteiger charge is 2.10.